The molecule has 0 aliphatic heterocycles. The monoisotopic (exact) mass is 268 g/mol. The molecule has 0 saturated carbocycles. The third-order valence-corrected chi connectivity index (χ3v) is 2.92. The second kappa shape index (κ2) is 9.04. The number of nitrogens with zero attached hydrogens (tertiary/aromatic N) is 3. The highest BCUT2D eigenvalue weighted by Gasteiger charge is 2.14. The van der Waals surface area contributed by atoms with Crippen molar-refractivity contribution in [3.05, 3.63) is 12.2 Å². The molecule has 1 heterocycles. The molecule has 5 heteroatoms. The van der Waals surface area contributed by atoms with Crippen molar-refractivity contribution in [1.29, 1.82) is 0 Å². The molecule has 0 bridgehead atoms. The van der Waals surface area contributed by atoms with Gasteiger partial charge in [0.05, 0.1) is 6.61 Å². The van der Waals surface area contributed by atoms with Crippen LogP contribution in [0.15, 0.2) is 6.33 Å². The Morgan fingerprint density at radius 1 is 1.32 bits per heavy atom. The molecule has 0 fully saturated rings. The summed E-state index contributed by atoms with van der Waals surface area (Å²) >= 11 is 0. The Morgan fingerprint density at radius 3 is 2.74 bits per heavy atom. The number of aromatic nitrogens is 3. The third-order valence-electron chi connectivity index (χ3n) is 2.92. The van der Waals surface area contributed by atoms with Gasteiger partial charge in [0.2, 0.25) is 0 Å². The molecule has 1 unspecified atom stereocenters. The lowest BCUT2D eigenvalue weighted by Crippen LogP contribution is -2.37. The smallest absolute Gasteiger partial charge is 0.138 e. The molecular weight excluding hydrogens is 240 g/mol. The molecule has 1 aromatic rings. The van der Waals surface area contributed by atoms with Gasteiger partial charge in [-0.15, -0.1) is 0 Å². The van der Waals surface area contributed by atoms with Crippen LogP contribution >= 0.6 is 0 Å². The van der Waals surface area contributed by atoms with Crippen LogP contribution in [0, 0.1) is 0 Å². The Hall–Kier alpha value is -0.940. The fourth-order valence-electron chi connectivity index (χ4n) is 1.98. The van der Waals surface area contributed by atoms with Gasteiger partial charge in [-0.05, 0) is 33.2 Å². The van der Waals surface area contributed by atoms with E-state index in [2.05, 4.69) is 43.1 Å². The first-order chi connectivity index (χ1) is 9.19. The molecule has 1 N–H and O–H groups in total. The van der Waals surface area contributed by atoms with Crippen LogP contribution in [0.4, 0.5) is 0 Å². The maximum atomic E-state index is 5.67. The van der Waals surface area contributed by atoms with Crippen molar-refractivity contribution in [1.82, 2.24) is 20.1 Å². The first-order valence-corrected chi connectivity index (χ1v) is 7.38. The zero-order valence-corrected chi connectivity index (χ0v) is 12.7. The highest BCUT2D eigenvalue weighted by atomic mass is 16.5. The molecule has 1 atom stereocenters. The van der Waals surface area contributed by atoms with E-state index in [4.69, 9.17) is 4.74 Å². The topological polar surface area (TPSA) is 52.0 Å². The quantitative estimate of drug-likeness (QED) is 0.661. The van der Waals surface area contributed by atoms with E-state index < -0.39 is 0 Å². The second-order valence-corrected chi connectivity index (χ2v) is 5.14. The number of ether oxygens (including phenoxy) is 1. The summed E-state index contributed by atoms with van der Waals surface area (Å²) < 4.78 is 7.66. The minimum atomic E-state index is 0.313. The van der Waals surface area contributed by atoms with Gasteiger partial charge in [-0.2, -0.15) is 5.10 Å². The van der Waals surface area contributed by atoms with Gasteiger partial charge in [-0.25, -0.2) is 9.67 Å². The van der Waals surface area contributed by atoms with Crippen molar-refractivity contribution >= 4 is 0 Å². The molecule has 0 amide bonds. The SMILES string of the molecule is CCCNC(COCCC)Cc1ncnn1C(C)C. The summed E-state index contributed by atoms with van der Waals surface area (Å²) in [4.78, 5) is 4.37. The number of hydrogen-bond acceptors (Lipinski definition) is 4. The van der Waals surface area contributed by atoms with Gasteiger partial charge in [0.25, 0.3) is 0 Å². The first kappa shape index (κ1) is 16.1. The minimum Gasteiger partial charge on any atom is -0.380 e. The number of nitrogens with one attached hydrogen (secondary N) is 1. The molecule has 19 heavy (non-hydrogen) atoms. The Balaban J connectivity index is 2.56. The van der Waals surface area contributed by atoms with Gasteiger partial charge in [0, 0.05) is 25.1 Å². The first-order valence-electron chi connectivity index (χ1n) is 7.38. The number of hydrogen-bond donors (Lipinski definition) is 1. The molecule has 0 spiro atoms. The molecule has 1 aromatic heterocycles. The van der Waals surface area contributed by atoms with Crippen molar-refractivity contribution in [3.63, 3.8) is 0 Å². The molecule has 1 rings (SSSR count). The van der Waals surface area contributed by atoms with E-state index in [1.165, 1.54) is 0 Å². The zero-order valence-electron chi connectivity index (χ0n) is 12.7. The average Bonchev–Trinajstić information content (AvgIpc) is 2.84. The van der Waals surface area contributed by atoms with Crippen LogP contribution in [-0.4, -0.2) is 40.6 Å². The zero-order chi connectivity index (χ0) is 14.1. The van der Waals surface area contributed by atoms with Crippen molar-refractivity contribution in [2.24, 2.45) is 0 Å². The highest BCUT2D eigenvalue weighted by Crippen LogP contribution is 2.08. The van der Waals surface area contributed by atoms with E-state index in [1.54, 1.807) is 6.33 Å². The number of rotatable bonds is 10. The van der Waals surface area contributed by atoms with Crippen LogP contribution in [0.3, 0.4) is 0 Å². The van der Waals surface area contributed by atoms with E-state index >= 15 is 0 Å². The van der Waals surface area contributed by atoms with E-state index in [1.807, 2.05) is 4.68 Å². The van der Waals surface area contributed by atoms with Gasteiger partial charge in [0.15, 0.2) is 0 Å². The summed E-state index contributed by atoms with van der Waals surface area (Å²) in [7, 11) is 0. The molecule has 0 aliphatic rings. The van der Waals surface area contributed by atoms with Gasteiger partial charge < -0.3 is 10.1 Å². The summed E-state index contributed by atoms with van der Waals surface area (Å²) in [5, 5.41) is 7.81. The fraction of sp³-hybridized carbons (Fsp3) is 0.857. The molecule has 0 aliphatic carbocycles. The Morgan fingerprint density at radius 2 is 2.11 bits per heavy atom. The Labute approximate surface area is 116 Å². The third kappa shape index (κ3) is 5.70. The molecule has 0 saturated heterocycles. The molecule has 0 radical (unpaired) electrons. The maximum Gasteiger partial charge on any atom is 0.138 e. The van der Waals surface area contributed by atoms with Gasteiger partial charge in [-0.1, -0.05) is 13.8 Å². The van der Waals surface area contributed by atoms with E-state index in [0.29, 0.717) is 12.1 Å². The van der Waals surface area contributed by atoms with Gasteiger partial charge in [-0.3, -0.25) is 0 Å². The standard InChI is InChI=1S/C14H28N4O/c1-5-7-15-13(10-19-8-6-2)9-14-16-11-17-18(14)12(3)4/h11-13,15H,5-10H2,1-4H3. The lowest BCUT2D eigenvalue weighted by molar-refractivity contribution is 0.111. The Bertz CT molecular complexity index is 338. The van der Waals surface area contributed by atoms with E-state index in [9.17, 15) is 0 Å². The van der Waals surface area contributed by atoms with E-state index in [0.717, 1.165) is 44.8 Å². The summed E-state index contributed by atoms with van der Waals surface area (Å²) in [6.45, 7) is 11.1. The van der Waals surface area contributed by atoms with Crippen LogP contribution in [-0.2, 0) is 11.2 Å². The molecule has 0 aromatic carbocycles. The largest absolute Gasteiger partial charge is 0.380 e. The van der Waals surface area contributed by atoms with E-state index in [-0.39, 0.29) is 0 Å². The summed E-state index contributed by atoms with van der Waals surface area (Å²) in [6.07, 6.45) is 4.69. The highest BCUT2D eigenvalue weighted by molar-refractivity contribution is 4.91. The predicted molar refractivity (Wildman–Crippen MR) is 77.3 cm³/mol. The van der Waals surface area contributed by atoms with Crippen molar-refractivity contribution < 1.29 is 4.74 Å². The van der Waals surface area contributed by atoms with Crippen molar-refractivity contribution in [2.45, 2.75) is 59.0 Å². The average molecular weight is 268 g/mol. The maximum absolute atomic E-state index is 5.67. The van der Waals surface area contributed by atoms with Gasteiger partial charge >= 0.3 is 0 Å². The molecule has 5 nitrogen and oxygen atoms in total. The van der Waals surface area contributed by atoms with Crippen LogP contribution in [0.2, 0.25) is 0 Å². The van der Waals surface area contributed by atoms with Crippen LogP contribution in [0.1, 0.15) is 52.4 Å². The molecule has 110 valence electrons. The second-order valence-electron chi connectivity index (χ2n) is 5.14. The summed E-state index contributed by atoms with van der Waals surface area (Å²) in [6, 6.07) is 0.661. The molecular formula is C14H28N4O. The van der Waals surface area contributed by atoms with Crippen LogP contribution in [0.25, 0.3) is 0 Å². The van der Waals surface area contributed by atoms with Crippen LogP contribution in [0.5, 0.6) is 0 Å². The minimum absolute atomic E-state index is 0.313. The summed E-state index contributed by atoms with van der Waals surface area (Å²) in [5.41, 5.74) is 0. The van der Waals surface area contributed by atoms with Gasteiger partial charge in [0.1, 0.15) is 12.2 Å². The van der Waals surface area contributed by atoms with Crippen molar-refractivity contribution in [2.75, 3.05) is 19.8 Å². The predicted octanol–water partition coefficient (Wildman–Crippen LogP) is 2.20. The van der Waals surface area contributed by atoms with Crippen LogP contribution < -0.4 is 5.32 Å². The lowest BCUT2D eigenvalue weighted by Gasteiger charge is -2.19. The fourth-order valence-corrected chi connectivity index (χ4v) is 1.98. The summed E-state index contributed by atoms with van der Waals surface area (Å²) in [5.74, 6) is 1.03. The Kier molecular flexibility index (Phi) is 7.67. The normalized spacial score (nSPS) is 13.1. The lowest BCUT2D eigenvalue weighted by atomic mass is 10.2. The van der Waals surface area contributed by atoms with Crippen molar-refractivity contribution in [3.8, 4) is 0 Å².